The van der Waals surface area contributed by atoms with Crippen LogP contribution in [0.2, 0.25) is 0 Å². The van der Waals surface area contributed by atoms with Crippen LogP contribution in [0.25, 0.3) is 0 Å². The Balaban J connectivity index is 2.42. The zero-order valence-corrected chi connectivity index (χ0v) is 13.0. The first-order valence-corrected chi connectivity index (χ1v) is 7.34. The highest BCUT2D eigenvalue weighted by molar-refractivity contribution is 7.78. The number of thiocarbonyl (C=S) groups is 1. The summed E-state index contributed by atoms with van der Waals surface area (Å²) in [5, 5.41) is 21.6. The molecule has 2 N–H and O–H groups in total. The molecular weight excluding hydrogens is 298 g/mol. The van der Waals surface area contributed by atoms with E-state index in [0.717, 1.165) is 11.1 Å². The minimum absolute atomic E-state index is 0.0594. The van der Waals surface area contributed by atoms with E-state index in [1.807, 2.05) is 25.1 Å². The molecule has 0 unspecified atom stereocenters. The third-order valence-corrected chi connectivity index (χ3v) is 3.45. The standard InChI is InChI=1S/C17H17NO3S/c1-2-21-17-9-13(5-8-16(17)20)15(10-18-11-22)12-3-6-14(19)7-4-12/h3-9,15,19-20H,2,10H2,1H3/t15-/m1/s1. The number of aromatic hydroxyl groups is 2. The maximum Gasteiger partial charge on any atom is 0.161 e. The number of phenolic OH excluding ortho intramolecular Hbond substituents is 2. The fourth-order valence-electron chi connectivity index (χ4n) is 2.26. The van der Waals surface area contributed by atoms with Crippen LogP contribution in [0.15, 0.2) is 47.5 Å². The summed E-state index contributed by atoms with van der Waals surface area (Å²) in [6.07, 6.45) is 0. The number of isothiocyanates is 1. The fraction of sp³-hybridized carbons (Fsp3) is 0.235. The highest BCUT2D eigenvalue weighted by Gasteiger charge is 2.16. The van der Waals surface area contributed by atoms with Gasteiger partial charge in [0.25, 0.3) is 0 Å². The molecule has 0 aliphatic rings. The van der Waals surface area contributed by atoms with Gasteiger partial charge in [0, 0.05) is 5.92 Å². The molecule has 114 valence electrons. The van der Waals surface area contributed by atoms with Crippen LogP contribution < -0.4 is 4.74 Å². The maximum absolute atomic E-state index is 9.82. The molecule has 0 bridgehead atoms. The Hall–Kier alpha value is -2.36. The van der Waals surface area contributed by atoms with Gasteiger partial charge < -0.3 is 14.9 Å². The molecule has 0 aromatic heterocycles. The molecule has 0 radical (unpaired) electrons. The van der Waals surface area contributed by atoms with E-state index >= 15 is 0 Å². The molecule has 0 spiro atoms. The third-order valence-electron chi connectivity index (χ3n) is 3.32. The van der Waals surface area contributed by atoms with Gasteiger partial charge >= 0.3 is 0 Å². The summed E-state index contributed by atoms with van der Waals surface area (Å²) in [5.74, 6) is 0.695. The minimum atomic E-state index is -0.0594. The van der Waals surface area contributed by atoms with Crippen molar-refractivity contribution in [2.45, 2.75) is 12.8 Å². The molecule has 2 rings (SSSR count). The Labute approximate surface area is 134 Å². The largest absolute Gasteiger partial charge is 0.508 e. The lowest BCUT2D eigenvalue weighted by Crippen LogP contribution is -2.05. The van der Waals surface area contributed by atoms with E-state index < -0.39 is 0 Å². The van der Waals surface area contributed by atoms with Crippen molar-refractivity contribution in [3.05, 3.63) is 53.6 Å². The van der Waals surface area contributed by atoms with Gasteiger partial charge in [-0.3, -0.25) is 0 Å². The van der Waals surface area contributed by atoms with Crippen LogP contribution in [0.3, 0.4) is 0 Å². The van der Waals surface area contributed by atoms with E-state index in [0.29, 0.717) is 18.9 Å². The Morgan fingerprint density at radius 2 is 1.82 bits per heavy atom. The van der Waals surface area contributed by atoms with E-state index in [2.05, 4.69) is 22.4 Å². The Kier molecular flexibility index (Phi) is 5.53. The summed E-state index contributed by atoms with van der Waals surface area (Å²) in [6.45, 7) is 2.77. The van der Waals surface area contributed by atoms with Crippen molar-refractivity contribution >= 4 is 17.4 Å². The number of rotatable bonds is 6. The highest BCUT2D eigenvalue weighted by Crippen LogP contribution is 2.33. The summed E-state index contributed by atoms with van der Waals surface area (Å²) in [6, 6.07) is 12.2. The number of nitrogens with zero attached hydrogens (tertiary/aromatic N) is 1. The zero-order valence-electron chi connectivity index (χ0n) is 12.2. The van der Waals surface area contributed by atoms with E-state index in [9.17, 15) is 10.2 Å². The molecule has 0 amide bonds. The second-order valence-electron chi connectivity index (χ2n) is 4.74. The van der Waals surface area contributed by atoms with E-state index in [-0.39, 0.29) is 17.4 Å². The summed E-state index contributed by atoms with van der Waals surface area (Å²) < 4.78 is 5.43. The molecule has 1 atom stereocenters. The van der Waals surface area contributed by atoms with Crippen LogP contribution in [-0.4, -0.2) is 28.5 Å². The second kappa shape index (κ2) is 7.59. The van der Waals surface area contributed by atoms with E-state index in [1.54, 1.807) is 24.3 Å². The Morgan fingerprint density at radius 3 is 2.45 bits per heavy atom. The first-order chi connectivity index (χ1) is 10.7. The summed E-state index contributed by atoms with van der Waals surface area (Å²) >= 11 is 4.66. The van der Waals surface area contributed by atoms with Crippen molar-refractivity contribution in [1.82, 2.24) is 0 Å². The number of ether oxygens (including phenoxy) is 1. The van der Waals surface area contributed by atoms with Crippen molar-refractivity contribution in [2.75, 3.05) is 13.2 Å². The monoisotopic (exact) mass is 315 g/mol. The van der Waals surface area contributed by atoms with Gasteiger partial charge in [0.2, 0.25) is 0 Å². The predicted octanol–water partition coefficient (Wildman–Crippen LogP) is 3.73. The van der Waals surface area contributed by atoms with Crippen LogP contribution in [0, 0.1) is 0 Å². The van der Waals surface area contributed by atoms with Crippen molar-refractivity contribution in [1.29, 1.82) is 0 Å². The Morgan fingerprint density at radius 1 is 1.14 bits per heavy atom. The van der Waals surface area contributed by atoms with Crippen molar-refractivity contribution in [3.63, 3.8) is 0 Å². The molecule has 4 nitrogen and oxygen atoms in total. The number of hydrogen-bond acceptors (Lipinski definition) is 5. The lowest BCUT2D eigenvalue weighted by Gasteiger charge is -2.17. The molecule has 5 heteroatoms. The van der Waals surface area contributed by atoms with E-state index in [4.69, 9.17) is 4.74 Å². The average Bonchev–Trinajstić information content (AvgIpc) is 2.52. The topological polar surface area (TPSA) is 62.0 Å². The number of phenols is 2. The lowest BCUT2D eigenvalue weighted by molar-refractivity contribution is 0.317. The quantitative estimate of drug-likeness (QED) is 0.630. The van der Waals surface area contributed by atoms with Crippen LogP contribution in [0.1, 0.15) is 24.0 Å². The molecule has 22 heavy (non-hydrogen) atoms. The van der Waals surface area contributed by atoms with Gasteiger partial charge in [-0.05, 0) is 54.5 Å². The molecule has 0 heterocycles. The van der Waals surface area contributed by atoms with Gasteiger partial charge in [-0.25, -0.2) is 4.99 Å². The fourth-order valence-corrected chi connectivity index (χ4v) is 2.33. The molecule has 0 saturated heterocycles. The van der Waals surface area contributed by atoms with Crippen LogP contribution >= 0.6 is 12.2 Å². The van der Waals surface area contributed by atoms with Gasteiger partial charge in [0.05, 0.1) is 18.3 Å². The smallest absolute Gasteiger partial charge is 0.161 e. The minimum Gasteiger partial charge on any atom is -0.508 e. The van der Waals surface area contributed by atoms with Gasteiger partial charge in [0.1, 0.15) is 5.75 Å². The predicted molar refractivity (Wildman–Crippen MR) is 89.1 cm³/mol. The molecule has 2 aromatic rings. The van der Waals surface area contributed by atoms with Crippen LogP contribution in [-0.2, 0) is 0 Å². The molecular formula is C17H17NO3S. The lowest BCUT2D eigenvalue weighted by atomic mass is 9.91. The van der Waals surface area contributed by atoms with Crippen molar-refractivity contribution in [3.8, 4) is 17.2 Å². The molecule has 0 aliphatic carbocycles. The maximum atomic E-state index is 9.82. The summed E-state index contributed by atoms with van der Waals surface area (Å²) in [5.41, 5.74) is 1.93. The molecule has 0 saturated carbocycles. The number of benzene rings is 2. The number of hydrogen-bond donors (Lipinski definition) is 2. The van der Waals surface area contributed by atoms with Gasteiger partial charge in [-0.2, -0.15) is 0 Å². The van der Waals surface area contributed by atoms with Gasteiger partial charge in [-0.1, -0.05) is 18.2 Å². The second-order valence-corrected chi connectivity index (χ2v) is 4.92. The van der Waals surface area contributed by atoms with Crippen LogP contribution in [0.5, 0.6) is 17.2 Å². The average molecular weight is 315 g/mol. The van der Waals surface area contributed by atoms with Gasteiger partial charge in [0.15, 0.2) is 11.5 Å². The summed E-state index contributed by atoms with van der Waals surface area (Å²) in [4.78, 5) is 4.04. The first kappa shape index (κ1) is 16.0. The third kappa shape index (κ3) is 3.85. The Bertz CT molecular complexity index is 679. The zero-order chi connectivity index (χ0) is 15.9. The van der Waals surface area contributed by atoms with Crippen LogP contribution in [0.4, 0.5) is 0 Å². The van der Waals surface area contributed by atoms with Gasteiger partial charge in [-0.15, -0.1) is 0 Å². The normalized spacial score (nSPS) is 11.5. The van der Waals surface area contributed by atoms with Crippen molar-refractivity contribution < 1.29 is 14.9 Å². The molecule has 0 fully saturated rings. The summed E-state index contributed by atoms with van der Waals surface area (Å²) in [7, 11) is 0. The SMILES string of the molecule is CCOc1cc([C@H](CN=C=S)c2ccc(O)cc2)ccc1O. The number of aliphatic imine (C=N–C) groups is 1. The molecule has 2 aromatic carbocycles. The van der Waals surface area contributed by atoms with E-state index in [1.165, 1.54) is 0 Å². The molecule has 0 aliphatic heterocycles. The highest BCUT2D eigenvalue weighted by atomic mass is 32.1. The van der Waals surface area contributed by atoms with Crippen molar-refractivity contribution in [2.24, 2.45) is 4.99 Å². The first-order valence-electron chi connectivity index (χ1n) is 6.94.